The van der Waals surface area contributed by atoms with Gasteiger partial charge in [-0.3, -0.25) is 9.71 Å². The summed E-state index contributed by atoms with van der Waals surface area (Å²) in [5.74, 6) is 0.417. The zero-order valence-electron chi connectivity index (χ0n) is 14.4. The van der Waals surface area contributed by atoms with Crippen molar-refractivity contribution in [2.24, 2.45) is 5.73 Å². The zero-order valence-corrected chi connectivity index (χ0v) is 16.1. The van der Waals surface area contributed by atoms with Crippen LogP contribution in [0.2, 0.25) is 0 Å². The molecule has 27 heavy (non-hydrogen) atoms. The number of pyridine rings is 1. The van der Waals surface area contributed by atoms with Crippen LogP contribution in [0.25, 0.3) is 11.3 Å². The molecule has 1 aliphatic carbocycles. The number of hydrogen-bond acceptors (Lipinski definition) is 4. The van der Waals surface area contributed by atoms with Crippen LogP contribution in [0.4, 0.5) is 5.69 Å². The zero-order chi connectivity index (χ0) is 18.1. The van der Waals surface area contributed by atoms with Crippen LogP contribution in [0.5, 0.6) is 0 Å². The third-order valence-corrected chi connectivity index (χ3v) is 5.92. The Morgan fingerprint density at radius 2 is 1.74 bits per heavy atom. The van der Waals surface area contributed by atoms with Gasteiger partial charge in [0.1, 0.15) is 0 Å². The van der Waals surface area contributed by atoms with Crippen molar-refractivity contribution in [1.82, 2.24) is 4.98 Å². The average Bonchev–Trinajstić information content (AvgIpc) is 3.39. The number of halogens is 1. The van der Waals surface area contributed by atoms with Crippen LogP contribution in [0.3, 0.4) is 0 Å². The number of aromatic nitrogens is 1. The molecule has 0 radical (unpaired) electrons. The minimum absolute atomic E-state index is 0. The van der Waals surface area contributed by atoms with E-state index >= 15 is 0 Å². The summed E-state index contributed by atoms with van der Waals surface area (Å²) in [6.45, 7) is 0. The maximum Gasteiger partial charge on any atom is 0.261 e. The highest BCUT2D eigenvalue weighted by Crippen LogP contribution is 2.38. The fourth-order valence-electron chi connectivity index (χ4n) is 2.95. The highest BCUT2D eigenvalue weighted by Gasteiger charge is 2.34. The van der Waals surface area contributed by atoms with Gasteiger partial charge in [-0.2, -0.15) is 0 Å². The van der Waals surface area contributed by atoms with Crippen molar-refractivity contribution < 1.29 is 8.42 Å². The van der Waals surface area contributed by atoms with Crippen LogP contribution in [0, 0.1) is 0 Å². The first-order chi connectivity index (χ1) is 12.5. The topological polar surface area (TPSA) is 85.1 Å². The molecule has 3 N–H and O–H groups in total. The molecule has 1 aliphatic rings. The van der Waals surface area contributed by atoms with E-state index in [1.54, 1.807) is 42.5 Å². The van der Waals surface area contributed by atoms with Gasteiger partial charge in [-0.05, 0) is 42.3 Å². The number of nitrogens with one attached hydrogen (secondary N) is 1. The summed E-state index contributed by atoms with van der Waals surface area (Å²) >= 11 is 0. The maximum absolute atomic E-state index is 12.5. The summed E-state index contributed by atoms with van der Waals surface area (Å²) in [6.07, 6.45) is 2.87. The van der Waals surface area contributed by atoms with Crippen molar-refractivity contribution >= 4 is 28.1 Å². The molecule has 140 valence electrons. The molecular formula is C20H20ClN3O2S. The summed E-state index contributed by atoms with van der Waals surface area (Å²) in [7, 11) is -3.61. The van der Waals surface area contributed by atoms with Crippen LogP contribution in [-0.2, 0) is 10.0 Å². The number of sulfonamides is 1. The lowest BCUT2D eigenvalue weighted by Gasteiger charge is -2.10. The van der Waals surface area contributed by atoms with Gasteiger partial charge in [0.2, 0.25) is 0 Å². The van der Waals surface area contributed by atoms with Crippen LogP contribution < -0.4 is 10.5 Å². The van der Waals surface area contributed by atoms with Gasteiger partial charge in [-0.1, -0.05) is 36.4 Å². The van der Waals surface area contributed by atoms with Crippen LogP contribution >= 0.6 is 12.4 Å². The Bertz CT molecular complexity index is 1020. The molecular weight excluding hydrogens is 382 g/mol. The highest BCUT2D eigenvalue weighted by molar-refractivity contribution is 7.92. The molecule has 0 amide bonds. The Kier molecular flexibility index (Phi) is 5.51. The number of hydrogen-bond donors (Lipinski definition) is 2. The first-order valence-electron chi connectivity index (χ1n) is 8.43. The number of nitrogens with zero attached hydrogens (tertiary/aromatic N) is 1. The second-order valence-electron chi connectivity index (χ2n) is 6.48. The van der Waals surface area contributed by atoms with Gasteiger partial charge in [-0.25, -0.2) is 8.42 Å². The molecule has 1 aromatic heterocycles. The maximum atomic E-state index is 12.5. The van der Waals surface area contributed by atoms with Gasteiger partial charge < -0.3 is 5.73 Å². The fourth-order valence-corrected chi connectivity index (χ4v) is 4.02. The molecule has 3 aromatic rings. The minimum atomic E-state index is -3.61. The number of rotatable bonds is 5. The normalized spacial score (nSPS) is 18.4. The average molecular weight is 402 g/mol. The van der Waals surface area contributed by atoms with E-state index in [2.05, 4.69) is 9.71 Å². The predicted molar refractivity (Wildman–Crippen MR) is 110 cm³/mol. The molecule has 2 aromatic carbocycles. The fraction of sp³-hybridized carbons (Fsp3) is 0.150. The second kappa shape index (κ2) is 7.68. The lowest BCUT2D eigenvalue weighted by molar-refractivity contribution is 0.601. The standard InChI is InChI=1S/C20H19N3O2S.ClH/c21-19-12-18(19)15-9-10-20(22-13-15)14-5-4-6-16(11-14)23-26(24,25)17-7-2-1-3-8-17;/h1-11,13,18-19,23H,12,21H2;1H/t18-,19+;/m0./s1. The molecule has 1 heterocycles. The van der Waals surface area contributed by atoms with E-state index < -0.39 is 10.0 Å². The van der Waals surface area contributed by atoms with Crippen molar-refractivity contribution in [3.8, 4) is 11.3 Å². The highest BCUT2D eigenvalue weighted by atomic mass is 35.5. The van der Waals surface area contributed by atoms with Crippen LogP contribution in [0.15, 0.2) is 77.8 Å². The summed E-state index contributed by atoms with van der Waals surface area (Å²) in [5, 5.41) is 0. The van der Waals surface area contributed by atoms with Crippen molar-refractivity contribution in [1.29, 1.82) is 0 Å². The third kappa shape index (κ3) is 4.30. The van der Waals surface area contributed by atoms with Gasteiger partial charge in [0, 0.05) is 29.4 Å². The van der Waals surface area contributed by atoms with Gasteiger partial charge in [0.15, 0.2) is 0 Å². The first kappa shape index (κ1) is 19.4. The van der Waals surface area contributed by atoms with E-state index in [9.17, 15) is 8.42 Å². The first-order valence-corrected chi connectivity index (χ1v) is 9.91. The summed E-state index contributed by atoms with van der Waals surface area (Å²) in [6, 6.07) is 19.8. The quantitative estimate of drug-likeness (QED) is 0.681. The molecule has 4 rings (SSSR count). The van der Waals surface area contributed by atoms with Crippen molar-refractivity contribution in [2.45, 2.75) is 23.3 Å². The van der Waals surface area contributed by atoms with Gasteiger partial charge in [-0.15, -0.1) is 12.4 Å². The second-order valence-corrected chi connectivity index (χ2v) is 8.16. The van der Waals surface area contributed by atoms with E-state index in [4.69, 9.17) is 5.73 Å². The van der Waals surface area contributed by atoms with Gasteiger partial charge in [0.05, 0.1) is 10.6 Å². The Labute approximate surface area is 165 Å². The summed E-state index contributed by atoms with van der Waals surface area (Å²) < 4.78 is 27.6. The summed E-state index contributed by atoms with van der Waals surface area (Å²) in [4.78, 5) is 4.74. The largest absolute Gasteiger partial charge is 0.327 e. The van der Waals surface area contributed by atoms with E-state index in [0.29, 0.717) is 11.6 Å². The lowest BCUT2D eigenvalue weighted by atomic mass is 10.1. The van der Waals surface area contributed by atoms with Gasteiger partial charge >= 0.3 is 0 Å². The van der Waals surface area contributed by atoms with Crippen molar-refractivity contribution in [3.05, 3.63) is 78.5 Å². The number of benzene rings is 2. The van der Waals surface area contributed by atoms with E-state index in [0.717, 1.165) is 23.2 Å². The van der Waals surface area contributed by atoms with Gasteiger partial charge in [0.25, 0.3) is 10.0 Å². The molecule has 0 unspecified atom stereocenters. The SMILES string of the molecule is Cl.N[C@@H]1C[C@H]1c1ccc(-c2cccc(NS(=O)(=O)c3ccccc3)c2)nc1. The smallest absolute Gasteiger partial charge is 0.261 e. The molecule has 5 nitrogen and oxygen atoms in total. The number of anilines is 1. The predicted octanol–water partition coefficient (Wildman–Crippen LogP) is 3.79. The van der Waals surface area contributed by atoms with Crippen LogP contribution in [0.1, 0.15) is 17.9 Å². The van der Waals surface area contributed by atoms with E-state index in [1.807, 2.05) is 30.5 Å². The van der Waals surface area contributed by atoms with Crippen LogP contribution in [-0.4, -0.2) is 19.4 Å². The monoisotopic (exact) mass is 401 g/mol. The molecule has 1 fully saturated rings. The molecule has 0 saturated heterocycles. The van der Waals surface area contributed by atoms with Crippen molar-refractivity contribution in [3.63, 3.8) is 0 Å². The Morgan fingerprint density at radius 1 is 1.00 bits per heavy atom. The minimum Gasteiger partial charge on any atom is -0.327 e. The molecule has 0 aliphatic heterocycles. The third-order valence-electron chi connectivity index (χ3n) is 4.52. The molecule has 2 atom stereocenters. The molecule has 0 bridgehead atoms. The Balaban J connectivity index is 0.00000210. The number of nitrogens with two attached hydrogens (primary N) is 1. The van der Waals surface area contributed by atoms with E-state index in [-0.39, 0.29) is 23.3 Å². The van der Waals surface area contributed by atoms with Crippen molar-refractivity contribution in [2.75, 3.05) is 4.72 Å². The molecule has 1 saturated carbocycles. The molecule has 0 spiro atoms. The molecule has 7 heteroatoms. The Hall–Kier alpha value is -2.41. The Morgan fingerprint density at radius 3 is 2.37 bits per heavy atom. The lowest BCUT2D eigenvalue weighted by Crippen LogP contribution is -2.12. The summed E-state index contributed by atoms with van der Waals surface area (Å²) in [5.41, 5.74) is 9.18. The van der Waals surface area contributed by atoms with E-state index in [1.165, 1.54) is 0 Å².